The van der Waals surface area contributed by atoms with E-state index in [1.54, 1.807) is 0 Å². The lowest BCUT2D eigenvalue weighted by atomic mass is 10.0. The molecule has 0 N–H and O–H groups in total. The van der Waals surface area contributed by atoms with Gasteiger partial charge in [0.2, 0.25) is 0 Å². The first-order valence-corrected chi connectivity index (χ1v) is 14.5. The zero-order valence-electron chi connectivity index (χ0n) is 22.2. The van der Waals surface area contributed by atoms with Gasteiger partial charge in [-0.1, -0.05) is 102 Å². The third-order valence-corrected chi connectivity index (χ3v) is 7.52. The lowest BCUT2D eigenvalue weighted by molar-refractivity contribution is 0.607. The zero-order valence-corrected chi connectivity index (χ0v) is 22.2. The van der Waals surface area contributed by atoms with Crippen molar-refractivity contribution in [2.24, 2.45) is 0 Å². The molecule has 2 heteroatoms. The molecule has 0 spiro atoms. The summed E-state index contributed by atoms with van der Waals surface area (Å²) in [6.07, 6.45) is 19.0. The number of piperazine rings is 1. The fourth-order valence-corrected chi connectivity index (χ4v) is 5.19. The third kappa shape index (κ3) is 9.35. The van der Waals surface area contributed by atoms with Crippen LogP contribution in [0.2, 0.25) is 0 Å². The fraction of sp³-hybridized carbons (Fsp3) is 0.625. The number of anilines is 2. The molecule has 1 heterocycles. The molecule has 0 radical (unpaired) electrons. The monoisotopic (exact) mass is 462 g/mol. The highest BCUT2D eigenvalue weighted by Crippen LogP contribution is 2.23. The van der Waals surface area contributed by atoms with E-state index >= 15 is 0 Å². The lowest BCUT2D eigenvalue weighted by Crippen LogP contribution is -2.46. The molecule has 0 unspecified atom stereocenters. The molecule has 1 aliphatic heterocycles. The van der Waals surface area contributed by atoms with E-state index in [-0.39, 0.29) is 0 Å². The van der Waals surface area contributed by atoms with E-state index in [1.165, 1.54) is 112 Å². The van der Waals surface area contributed by atoms with E-state index in [9.17, 15) is 0 Å². The van der Waals surface area contributed by atoms with Crippen LogP contribution in [0.1, 0.15) is 102 Å². The quantitative estimate of drug-likeness (QED) is 0.230. The van der Waals surface area contributed by atoms with Crippen LogP contribution >= 0.6 is 0 Å². The SMILES string of the molecule is CCCCCCCCc1ccc(N2CCN(c3ccc(CCCCCCCC)cc3)CC2)cc1. The van der Waals surface area contributed by atoms with Crippen molar-refractivity contribution in [3.63, 3.8) is 0 Å². The Morgan fingerprint density at radius 3 is 1.12 bits per heavy atom. The van der Waals surface area contributed by atoms with Crippen LogP contribution in [0.3, 0.4) is 0 Å². The van der Waals surface area contributed by atoms with Gasteiger partial charge in [0.1, 0.15) is 0 Å². The first-order chi connectivity index (χ1) is 16.8. The van der Waals surface area contributed by atoms with Crippen LogP contribution in [-0.4, -0.2) is 26.2 Å². The van der Waals surface area contributed by atoms with Crippen molar-refractivity contribution < 1.29 is 0 Å². The molecule has 0 saturated carbocycles. The molecule has 188 valence electrons. The molecule has 0 aliphatic carbocycles. The van der Waals surface area contributed by atoms with Crippen LogP contribution in [0.25, 0.3) is 0 Å². The van der Waals surface area contributed by atoms with Gasteiger partial charge < -0.3 is 9.80 Å². The fourth-order valence-electron chi connectivity index (χ4n) is 5.19. The molecular weight excluding hydrogens is 412 g/mol. The number of hydrogen-bond acceptors (Lipinski definition) is 2. The van der Waals surface area contributed by atoms with Crippen LogP contribution in [-0.2, 0) is 12.8 Å². The molecule has 0 bridgehead atoms. The summed E-state index contributed by atoms with van der Waals surface area (Å²) in [5, 5.41) is 0. The second-order valence-electron chi connectivity index (χ2n) is 10.3. The summed E-state index contributed by atoms with van der Waals surface area (Å²) in [4.78, 5) is 5.11. The molecule has 0 amide bonds. The summed E-state index contributed by atoms with van der Waals surface area (Å²) in [6, 6.07) is 18.8. The number of aryl methyl sites for hydroxylation is 2. The zero-order chi connectivity index (χ0) is 23.8. The standard InChI is InChI=1S/C32H50N2/c1-3-5-7-9-11-13-15-29-17-21-31(22-18-29)33-25-27-34(28-26-33)32-23-19-30(20-24-32)16-14-12-10-8-6-4-2/h17-24H,3-16,25-28H2,1-2H3. The highest BCUT2D eigenvalue weighted by Gasteiger charge is 2.17. The Labute approximate surface area is 210 Å². The molecule has 2 aromatic rings. The smallest absolute Gasteiger partial charge is 0.0367 e. The van der Waals surface area contributed by atoms with Gasteiger partial charge in [0.15, 0.2) is 0 Å². The Balaban J connectivity index is 1.35. The van der Waals surface area contributed by atoms with E-state index < -0.39 is 0 Å². The minimum Gasteiger partial charge on any atom is -0.368 e. The van der Waals surface area contributed by atoms with E-state index in [0.29, 0.717) is 0 Å². The predicted molar refractivity (Wildman–Crippen MR) is 151 cm³/mol. The maximum atomic E-state index is 2.55. The summed E-state index contributed by atoms with van der Waals surface area (Å²) in [7, 11) is 0. The van der Waals surface area contributed by atoms with Crippen molar-refractivity contribution in [2.45, 2.75) is 104 Å². The van der Waals surface area contributed by atoms with Crippen LogP contribution in [0.5, 0.6) is 0 Å². The Morgan fingerprint density at radius 1 is 0.441 bits per heavy atom. The van der Waals surface area contributed by atoms with Crippen molar-refractivity contribution >= 4 is 11.4 Å². The Hall–Kier alpha value is -1.96. The second-order valence-corrected chi connectivity index (χ2v) is 10.3. The van der Waals surface area contributed by atoms with Gasteiger partial charge in [-0.25, -0.2) is 0 Å². The highest BCUT2D eigenvalue weighted by molar-refractivity contribution is 5.52. The van der Waals surface area contributed by atoms with Crippen molar-refractivity contribution in [3.05, 3.63) is 59.7 Å². The molecule has 2 aromatic carbocycles. The Bertz CT molecular complexity index is 689. The molecule has 2 nitrogen and oxygen atoms in total. The number of unbranched alkanes of at least 4 members (excludes halogenated alkanes) is 10. The maximum absolute atomic E-state index is 2.55. The first kappa shape index (κ1) is 26.6. The highest BCUT2D eigenvalue weighted by atomic mass is 15.3. The third-order valence-electron chi connectivity index (χ3n) is 7.52. The summed E-state index contributed by atoms with van der Waals surface area (Å²) in [5.41, 5.74) is 5.78. The summed E-state index contributed by atoms with van der Waals surface area (Å²) in [6.45, 7) is 9.01. The predicted octanol–water partition coefficient (Wildman–Crippen LogP) is 8.82. The summed E-state index contributed by atoms with van der Waals surface area (Å²) >= 11 is 0. The van der Waals surface area contributed by atoms with E-state index in [0.717, 1.165) is 26.2 Å². The molecule has 1 saturated heterocycles. The minimum atomic E-state index is 1.11. The van der Waals surface area contributed by atoms with Gasteiger partial charge in [-0.15, -0.1) is 0 Å². The van der Waals surface area contributed by atoms with Gasteiger partial charge in [-0.2, -0.15) is 0 Å². The average molecular weight is 463 g/mol. The summed E-state index contributed by atoms with van der Waals surface area (Å²) in [5.74, 6) is 0. The van der Waals surface area contributed by atoms with Gasteiger partial charge >= 0.3 is 0 Å². The molecule has 0 aromatic heterocycles. The molecule has 3 rings (SSSR count). The topological polar surface area (TPSA) is 6.48 Å². The second kappa shape index (κ2) is 15.8. The average Bonchev–Trinajstić information content (AvgIpc) is 2.89. The maximum Gasteiger partial charge on any atom is 0.0367 e. The molecule has 1 fully saturated rings. The van der Waals surface area contributed by atoms with Crippen LogP contribution in [0, 0.1) is 0 Å². The van der Waals surface area contributed by atoms with Crippen LogP contribution in [0.4, 0.5) is 11.4 Å². The molecule has 0 atom stereocenters. The minimum absolute atomic E-state index is 1.11. The van der Waals surface area contributed by atoms with Crippen molar-refractivity contribution in [1.29, 1.82) is 0 Å². The van der Waals surface area contributed by atoms with E-state index in [2.05, 4.69) is 72.2 Å². The molecule has 1 aliphatic rings. The molecule has 34 heavy (non-hydrogen) atoms. The van der Waals surface area contributed by atoms with Gasteiger partial charge in [-0.05, 0) is 61.1 Å². The van der Waals surface area contributed by atoms with Gasteiger partial charge in [0.05, 0.1) is 0 Å². The number of rotatable bonds is 16. The normalized spacial score (nSPS) is 14.1. The van der Waals surface area contributed by atoms with Gasteiger partial charge in [0.25, 0.3) is 0 Å². The Kier molecular flexibility index (Phi) is 12.4. The van der Waals surface area contributed by atoms with Crippen molar-refractivity contribution in [1.82, 2.24) is 0 Å². The number of benzene rings is 2. The number of nitrogens with zero attached hydrogens (tertiary/aromatic N) is 2. The lowest BCUT2D eigenvalue weighted by Gasteiger charge is -2.37. The number of hydrogen-bond donors (Lipinski definition) is 0. The molecular formula is C32H50N2. The first-order valence-electron chi connectivity index (χ1n) is 14.5. The van der Waals surface area contributed by atoms with Gasteiger partial charge in [-0.3, -0.25) is 0 Å². The van der Waals surface area contributed by atoms with Crippen LogP contribution < -0.4 is 9.80 Å². The largest absolute Gasteiger partial charge is 0.368 e. The van der Waals surface area contributed by atoms with E-state index in [4.69, 9.17) is 0 Å². The van der Waals surface area contributed by atoms with Gasteiger partial charge in [0, 0.05) is 37.6 Å². The van der Waals surface area contributed by atoms with Crippen LogP contribution in [0.15, 0.2) is 48.5 Å². The van der Waals surface area contributed by atoms with Crippen molar-refractivity contribution in [3.8, 4) is 0 Å². The van der Waals surface area contributed by atoms with Crippen molar-refractivity contribution in [2.75, 3.05) is 36.0 Å². The van der Waals surface area contributed by atoms with E-state index in [1.807, 2.05) is 0 Å². The summed E-state index contributed by atoms with van der Waals surface area (Å²) < 4.78 is 0. The Morgan fingerprint density at radius 2 is 0.765 bits per heavy atom.